The minimum absolute atomic E-state index is 0.0579. The minimum atomic E-state index is -1.43. The lowest BCUT2D eigenvalue weighted by Gasteiger charge is -2.16. The van der Waals surface area contributed by atoms with Gasteiger partial charge >= 0.3 is 11.9 Å². The van der Waals surface area contributed by atoms with E-state index < -0.39 is 17.5 Å². The molecule has 0 bridgehead atoms. The highest BCUT2D eigenvalue weighted by Gasteiger charge is 2.27. The Kier molecular flexibility index (Phi) is 3.00. The molecule has 0 radical (unpaired) electrons. The molecule has 0 aliphatic heterocycles. The molecular weight excluding hydrogens is 150 g/mol. The maximum Gasteiger partial charge on any atom is 0.323 e. The SMILES string of the molecule is C[C@](N)(CCC(=O)O)C(=O)O. The Balaban J connectivity index is 3.92. The van der Waals surface area contributed by atoms with Gasteiger partial charge in [0.2, 0.25) is 0 Å². The van der Waals surface area contributed by atoms with Crippen LogP contribution in [0.4, 0.5) is 0 Å². The Morgan fingerprint density at radius 2 is 1.91 bits per heavy atom. The molecule has 0 saturated heterocycles. The van der Waals surface area contributed by atoms with Gasteiger partial charge in [0.25, 0.3) is 0 Å². The normalized spacial score (nSPS) is 15.5. The summed E-state index contributed by atoms with van der Waals surface area (Å²) >= 11 is 0. The Bertz CT molecular complexity index is 175. The fraction of sp³-hybridized carbons (Fsp3) is 0.667. The van der Waals surface area contributed by atoms with Crippen molar-refractivity contribution in [3.05, 3.63) is 0 Å². The first kappa shape index (κ1) is 9.90. The second-order valence-corrected chi connectivity index (χ2v) is 2.62. The number of aliphatic carboxylic acids is 2. The van der Waals surface area contributed by atoms with Gasteiger partial charge in [0.1, 0.15) is 5.54 Å². The summed E-state index contributed by atoms with van der Waals surface area (Å²) < 4.78 is 0. The lowest BCUT2D eigenvalue weighted by atomic mass is 9.98. The summed E-state index contributed by atoms with van der Waals surface area (Å²) in [4.78, 5) is 20.3. The summed E-state index contributed by atoms with van der Waals surface area (Å²) in [6, 6.07) is 0. The maximum absolute atomic E-state index is 10.3. The van der Waals surface area contributed by atoms with Crippen molar-refractivity contribution in [1.82, 2.24) is 0 Å². The average molecular weight is 161 g/mol. The number of hydrogen-bond donors (Lipinski definition) is 3. The number of hydrogen-bond acceptors (Lipinski definition) is 3. The van der Waals surface area contributed by atoms with E-state index in [9.17, 15) is 9.59 Å². The third kappa shape index (κ3) is 3.57. The topological polar surface area (TPSA) is 101 Å². The van der Waals surface area contributed by atoms with E-state index in [0.717, 1.165) is 0 Å². The molecule has 64 valence electrons. The smallest absolute Gasteiger partial charge is 0.323 e. The molecule has 0 saturated carbocycles. The molecule has 0 aliphatic rings. The Morgan fingerprint density at radius 1 is 1.45 bits per heavy atom. The van der Waals surface area contributed by atoms with E-state index in [1.807, 2.05) is 0 Å². The number of carboxylic acid groups (broad SMARTS) is 2. The first-order valence-electron chi connectivity index (χ1n) is 3.10. The van der Waals surface area contributed by atoms with E-state index in [2.05, 4.69) is 0 Å². The third-order valence-electron chi connectivity index (χ3n) is 1.35. The molecule has 0 unspecified atom stereocenters. The van der Waals surface area contributed by atoms with Crippen LogP contribution in [0.1, 0.15) is 19.8 Å². The van der Waals surface area contributed by atoms with Gasteiger partial charge in [0.15, 0.2) is 0 Å². The van der Waals surface area contributed by atoms with E-state index in [4.69, 9.17) is 15.9 Å². The van der Waals surface area contributed by atoms with Crippen LogP contribution < -0.4 is 5.73 Å². The predicted octanol–water partition coefficient (Wildman–Crippen LogP) is -0.347. The van der Waals surface area contributed by atoms with Crippen molar-refractivity contribution in [3.63, 3.8) is 0 Å². The molecule has 4 N–H and O–H groups in total. The van der Waals surface area contributed by atoms with Gasteiger partial charge in [-0.15, -0.1) is 0 Å². The second kappa shape index (κ2) is 3.34. The fourth-order valence-electron chi connectivity index (χ4n) is 0.474. The molecule has 0 aliphatic carbocycles. The van der Waals surface area contributed by atoms with Gasteiger partial charge in [-0.2, -0.15) is 0 Å². The molecule has 0 aromatic carbocycles. The van der Waals surface area contributed by atoms with E-state index >= 15 is 0 Å². The van der Waals surface area contributed by atoms with Crippen molar-refractivity contribution in [3.8, 4) is 0 Å². The van der Waals surface area contributed by atoms with Crippen LogP contribution in [0.15, 0.2) is 0 Å². The van der Waals surface area contributed by atoms with Gasteiger partial charge in [-0.3, -0.25) is 9.59 Å². The van der Waals surface area contributed by atoms with E-state index in [1.165, 1.54) is 6.92 Å². The Morgan fingerprint density at radius 3 is 2.18 bits per heavy atom. The van der Waals surface area contributed by atoms with Gasteiger partial charge in [-0.1, -0.05) is 0 Å². The van der Waals surface area contributed by atoms with E-state index in [-0.39, 0.29) is 12.8 Å². The van der Waals surface area contributed by atoms with Crippen molar-refractivity contribution in [2.75, 3.05) is 0 Å². The number of carbonyl (C=O) groups is 2. The van der Waals surface area contributed by atoms with Gasteiger partial charge in [-0.05, 0) is 13.3 Å². The summed E-state index contributed by atoms with van der Waals surface area (Å²) in [5, 5.41) is 16.6. The van der Waals surface area contributed by atoms with Crippen LogP contribution in [0.3, 0.4) is 0 Å². The molecule has 1 atom stereocenters. The third-order valence-corrected chi connectivity index (χ3v) is 1.35. The zero-order chi connectivity index (χ0) is 9.07. The number of carboxylic acids is 2. The van der Waals surface area contributed by atoms with Crippen LogP contribution in [-0.2, 0) is 9.59 Å². The van der Waals surface area contributed by atoms with E-state index in [1.54, 1.807) is 0 Å². The quantitative estimate of drug-likeness (QED) is 0.523. The summed E-state index contributed by atoms with van der Waals surface area (Å²) in [5.74, 6) is -2.22. The lowest BCUT2D eigenvalue weighted by Crippen LogP contribution is -2.45. The molecule has 11 heavy (non-hydrogen) atoms. The highest BCUT2D eigenvalue weighted by Crippen LogP contribution is 2.08. The predicted molar refractivity (Wildman–Crippen MR) is 37.1 cm³/mol. The lowest BCUT2D eigenvalue weighted by molar-refractivity contribution is -0.143. The molecule has 0 aromatic heterocycles. The first-order valence-corrected chi connectivity index (χ1v) is 3.10. The molecule has 0 aromatic rings. The first-order chi connectivity index (χ1) is 4.86. The molecule has 0 fully saturated rings. The second-order valence-electron chi connectivity index (χ2n) is 2.62. The van der Waals surface area contributed by atoms with Crippen molar-refractivity contribution < 1.29 is 19.8 Å². The monoisotopic (exact) mass is 161 g/mol. The molecule has 0 amide bonds. The maximum atomic E-state index is 10.3. The zero-order valence-electron chi connectivity index (χ0n) is 6.20. The Hall–Kier alpha value is -1.10. The highest BCUT2D eigenvalue weighted by molar-refractivity contribution is 5.78. The van der Waals surface area contributed by atoms with Crippen molar-refractivity contribution in [2.24, 2.45) is 5.73 Å². The Labute approximate surface area is 63.8 Å². The average Bonchev–Trinajstić information content (AvgIpc) is 1.84. The summed E-state index contributed by atoms with van der Waals surface area (Å²) in [5.41, 5.74) is 3.81. The van der Waals surface area contributed by atoms with Gasteiger partial charge in [0, 0.05) is 6.42 Å². The number of nitrogens with two attached hydrogens (primary N) is 1. The molecule has 0 heterocycles. The number of rotatable bonds is 4. The van der Waals surface area contributed by atoms with Crippen LogP contribution >= 0.6 is 0 Å². The standard InChI is InChI=1S/C6H11NO4/c1-6(7,5(10)11)3-2-4(8)9/h2-3,7H2,1H3,(H,8,9)(H,10,11)/t6-/m0/s1. The highest BCUT2D eigenvalue weighted by atomic mass is 16.4. The summed E-state index contributed by atoms with van der Waals surface area (Å²) in [6.07, 6.45) is -0.281. The van der Waals surface area contributed by atoms with Crippen LogP contribution in [0.5, 0.6) is 0 Å². The van der Waals surface area contributed by atoms with Crippen LogP contribution in [0.2, 0.25) is 0 Å². The zero-order valence-corrected chi connectivity index (χ0v) is 6.20. The summed E-state index contributed by atoms with van der Waals surface area (Å²) in [7, 11) is 0. The van der Waals surface area contributed by atoms with Crippen molar-refractivity contribution in [1.29, 1.82) is 0 Å². The van der Waals surface area contributed by atoms with Crippen LogP contribution in [-0.4, -0.2) is 27.7 Å². The largest absolute Gasteiger partial charge is 0.481 e. The van der Waals surface area contributed by atoms with Gasteiger partial charge in [0.05, 0.1) is 0 Å². The fourth-order valence-corrected chi connectivity index (χ4v) is 0.474. The van der Waals surface area contributed by atoms with Crippen molar-refractivity contribution >= 4 is 11.9 Å². The molecule has 5 heteroatoms. The molecule has 0 spiro atoms. The van der Waals surface area contributed by atoms with Gasteiger partial charge in [-0.25, -0.2) is 0 Å². The molecule has 5 nitrogen and oxygen atoms in total. The van der Waals surface area contributed by atoms with E-state index in [0.29, 0.717) is 0 Å². The molecular formula is C6H11NO4. The van der Waals surface area contributed by atoms with Gasteiger partial charge < -0.3 is 15.9 Å². The van der Waals surface area contributed by atoms with Crippen molar-refractivity contribution in [2.45, 2.75) is 25.3 Å². The van der Waals surface area contributed by atoms with Crippen LogP contribution in [0, 0.1) is 0 Å². The molecule has 0 rings (SSSR count). The summed E-state index contributed by atoms with van der Waals surface area (Å²) in [6.45, 7) is 1.29. The van der Waals surface area contributed by atoms with Crippen LogP contribution in [0.25, 0.3) is 0 Å². The minimum Gasteiger partial charge on any atom is -0.481 e.